The molecule has 128 valence electrons. The molecule has 0 aliphatic carbocycles. The molecule has 23 heavy (non-hydrogen) atoms. The molecule has 1 aromatic heterocycles. The van der Waals surface area contributed by atoms with E-state index in [9.17, 15) is 0 Å². The molecule has 7 heteroatoms. The SMILES string of the molecule is C=C(/N=C(Cl)\C=C(/C)Nc1ncc(C#N)s1)SC.CC.CCC. The van der Waals surface area contributed by atoms with E-state index in [1.807, 2.05) is 33.1 Å². The number of allylic oxidation sites excluding steroid dienone is 2. The number of rotatable bonds is 5. The number of aliphatic imine (C=N–C) groups is 1. The highest BCUT2D eigenvalue weighted by Crippen LogP contribution is 2.19. The summed E-state index contributed by atoms with van der Waals surface area (Å²) >= 11 is 8.64. The highest BCUT2D eigenvalue weighted by Gasteiger charge is 2.01. The lowest BCUT2D eigenvalue weighted by molar-refractivity contribution is 1.09. The highest BCUT2D eigenvalue weighted by molar-refractivity contribution is 8.02. The highest BCUT2D eigenvalue weighted by atomic mass is 35.5. The fourth-order valence-corrected chi connectivity index (χ4v) is 2.15. The van der Waals surface area contributed by atoms with Crippen LogP contribution in [0.2, 0.25) is 0 Å². The lowest BCUT2D eigenvalue weighted by Gasteiger charge is -2.01. The molecular formula is C16H25ClN4S2. The van der Waals surface area contributed by atoms with Crippen molar-refractivity contribution in [2.45, 2.75) is 41.0 Å². The van der Waals surface area contributed by atoms with Gasteiger partial charge in [0, 0.05) is 5.70 Å². The molecule has 0 bridgehead atoms. The summed E-state index contributed by atoms with van der Waals surface area (Å²) in [5.74, 6) is 0. The quantitative estimate of drug-likeness (QED) is 0.621. The Hall–Kier alpha value is -1.29. The van der Waals surface area contributed by atoms with E-state index in [-0.39, 0.29) is 0 Å². The van der Waals surface area contributed by atoms with Crippen molar-refractivity contribution in [3.05, 3.63) is 34.5 Å². The maximum Gasteiger partial charge on any atom is 0.188 e. The lowest BCUT2D eigenvalue weighted by atomic mass is 10.4. The van der Waals surface area contributed by atoms with Crippen LogP contribution in [0.25, 0.3) is 0 Å². The number of aromatic nitrogens is 1. The van der Waals surface area contributed by atoms with Gasteiger partial charge in [0.25, 0.3) is 0 Å². The van der Waals surface area contributed by atoms with E-state index >= 15 is 0 Å². The number of anilines is 1. The minimum Gasteiger partial charge on any atom is -0.335 e. The van der Waals surface area contributed by atoms with Gasteiger partial charge in [-0.25, -0.2) is 9.98 Å². The first-order valence-electron chi connectivity index (χ1n) is 7.25. The third-order valence-electron chi connectivity index (χ3n) is 1.72. The number of thioether (sulfide) groups is 1. The number of hydrogen-bond donors (Lipinski definition) is 1. The predicted octanol–water partition coefficient (Wildman–Crippen LogP) is 6.24. The third-order valence-corrected chi connectivity index (χ3v) is 3.30. The van der Waals surface area contributed by atoms with Gasteiger partial charge in [0.05, 0.1) is 11.2 Å². The molecule has 0 unspecified atom stereocenters. The van der Waals surface area contributed by atoms with Crippen LogP contribution in [0.1, 0.15) is 45.9 Å². The first-order chi connectivity index (χ1) is 11.0. The van der Waals surface area contributed by atoms with Crippen molar-refractivity contribution in [2.24, 2.45) is 4.99 Å². The minimum absolute atomic E-state index is 0.344. The molecule has 0 amide bonds. The van der Waals surface area contributed by atoms with Crippen molar-refractivity contribution in [1.82, 2.24) is 4.98 Å². The summed E-state index contributed by atoms with van der Waals surface area (Å²) in [4.78, 5) is 8.67. The second-order valence-electron chi connectivity index (χ2n) is 3.83. The van der Waals surface area contributed by atoms with Gasteiger partial charge in [0.1, 0.15) is 16.1 Å². The predicted molar refractivity (Wildman–Crippen MR) is 107 cm³/mol. The van der Waals surface area contributed by atoms with Gasteiger partial charge in [-0.2, -0.15) is 5.26 Å². The summed E-state index contributed by atoms with van der Waals surface area (Å²) in [5.41, 5.74) is 0.788. The van der Waals surface area contributed by atoms with Crippen molar-refractivity contribution in [3.63, 3.8) is 0 Å². The number of nitrogens with zero attached hydrogens (tertiary/aromatic N) is 3. The van der Waals surface area contributed by atoms with Gasteiger partial charge in [-0.1, -0.05) is 63.6 Å². The monoisotopic (exact) mass is 372 g/mol. The second kappa shape index (κ2) is 15.6. The Labute approximate surface area is 153 Å². The largest absolute Gasteiger partial charge is 0.335 e. The molecule has 0 spiro atoms. The molecule has 0 aromatic carbocycles. The molecule has 0 radical (unpaired) electrons. The first-order valence-corrected chi connectivity index (χ1v) is 9.67. The standard InChI is InChI=1S/C11H11ClN4S2.C3H8.C2H6/c1-7(4-10(12)16-8(2)17-3)15-11-14-6-9(5-13)18-11;1-3-2;1-2/h4,6H,2H2,1,3H3,(H,14,15);3H2,1-2H3;1-2H3/b7-4+,16-10+;;. The fourth-order valence-electron chi connectivity index (χ4n) is 0.964. The Morgan fingerprint density at radius 2 is 2.13 bits per heavy atom. The van der Waals surface area contributed by atoms with E-state index in [1.54, 1.807) is 6.08 Å². The van der Waals surface area contributed by atoms with Crippen LogP contribution in [-0.2, 0) is 0 Å². The molecule has 0 aliphatic rings. The minimum atomic E-state index is 0.344. The number of hydrogen-bond acceptors (Lipinski definition) is 6. The van der Waals surface area contributed by atoms with Crippen LogP contribution in [0.15, 0.2) is 34.6 Å². The first kappa shape index (κ1) is 24.0. The van der Waals surface area contributed by atoms with E-state index in [0.29, 0.717) is 20.2 Å². The lowest BCUT2D eigenvalue weighted by Crippen LogP contribution is -1.96. The molecule has 1 rings (SSSR count). The van der Waals surface area contributed by atoms with E-state index in [0.717, 1.165) is 5.70 Å². The average Bonchev–Trinajstić information content (AvgIpc) is 2.97. The zero-order valence-corrected chi connectivity index (χ0v) is 17.0. The molecular weight excluding hydrogens is 348 g/mol. The van der Waals surface area contributed by atoms with Crippen molar-refractivity contribution in [2.75, 3.05) is 11.6 Å². The van der Waals surface area contributed by atoms with Crippen LogP contribution in [0.5, 0.6) is 0 Å². The second-order valence-corrected chi connectivity index (χ2v) is 6.13. The third kappa shape index (κ3) is 12.9. The van der Waals surface area contributed by atoms with Crippen molar-refractivity contribution in [3.8, 4) is 6.07 Å². The molecule has 0 saturated heterocycles. The van der Waals surface area contributed by atoms with Crippen molar-refractivity contribution >= 4 is 45.0 Å². The summed E-state index contributed by atoms with van der Waals surface area (Å²) in [5, 5.41) is 13.4. The molecule has 0 atom stereocenters. The van der Waals surface area contributed by atoms with Gasteiger partial charge in [-0.3, -0.25) is 0 Å². The van der Waals surface area contributed by atoms with Crippen molar-refractivity contribution < 1.29 is 0 Å². The number of halogens is 1. The Morgan fingerprint density at radius 1 is 1.57 bits per heavy atom. The fraction of sp³-hybridized carbons (Fsp3) is 0.438. The molecule has 0 saturated carbocycles. The maximum absolute atomic E-state index is 8.68. The Morgan fingerprint density at radius 3 is 2.57 bits per heavy atom. The zero-order valence-electron chi connectivity index (χ0n) is 14.6. The van der Waals surface area contributed by atoms with Gasteiger partial charge < -0.3 is 5.32 Å². The Kier molecular flexibility index (Phi) is 16.3. The van der Waals surface area contributed by atoms with Gasteiger partial charge in [0.15, 0.2) is 5.13 Å². The van der Waals surface area contributed by atoms with Crippen LogP contribution in [0.3, 0.4) is 0 Å². The van der Waals surface area contributed by atoms with E-state index < -0.39 is 0 Å². The average molecular weight is 373 g/mol. The van der Waals surface area contributed by atoms with Crippen LogP contribution < -0.4 is 5.32 Å². The summed E-state index contributed by atoms with van der Waals surface area (Å²) in [7, 11) is 0. The number of thiazole rings is 1. The maximum atomic E-state index is 8.68. The summed E-state index contributed by atoms with van der Waals surface area (Å²) in [6, 6.07) is 2.03. The van der Waals surface area contributed by atoms with Crippen LogP contribution >= 0.6 is 34.7 Å². The van der Waals surface area contributed by atoms with Crippen LogP contribution in [0, 0.1) is 11.3 Å². The van der Waals surface area contributed by atoms with Gasteiger partial charge in [-0.15, -0.1) is 11.8 Å². The van der Waals surface area contributed by atoms with Gasteiger partial charge >= 0.3 is 0 Å². The van der Waals surface area contributed by atoms with Crippen molar-refractivity contribution in [1.29, 1.82) is 5.26 Å². The topological polar surface area (TPSA) is 61.1 Å². The number of nitrogens with one attached hydrogen (secondary N) is 1. The van der Waals surface area contributed by atoms with Crippen LogP contribution in [0.4, 0.5) is 5.13 Å². The molecule has 1 N–H and O–H groups in total. The molecule has 4 nitrogen and oxygen atoms in total. The summed E-state index contributed by atoms with van der Waals surface area (Å²) in [6.45, 7) is 13.8. The number of nitriles is 1. The smallest absolute Gasteiger partial charge is 0.188 e. The molecule has 0 aliphatic heterocycles. The molecule has 1 aromatic rings. The zero-order chi connectivity index (χ0) is 18.3. The van der Waals surface area contributed by atoms with E-state index in [4.69, 9.17) is 16.9 Å². The normalized spacial score (nSPS) is 10.5. The Bertz CT molecular complexity index is 557. The van der Waals surface area contributed by atoms with Gasteiger partial charge in [0.2, 0.25) is 0 Å². The van der Waals surface area contributed by atoms with Crippen LogP contribution in [-0.4, -0.2) is 16.4 Å². The van der Waals surface area contributed by atoms with E-state index in [1.165, 1.54) is 35.7 Å². The Balaban J connectivity index is 0. The molecule has 1 heterocycles. The van der Waals surface area contributed by atoms with E-state index in [2.05, 4.69) is 35.7 Å². The summed E-state index contributed by atoms with van der Waals surface area (Å²) in [6.07, 6.45) is 6.33. The molecule has 0 fully saturated rings. The van der Waals surface area contributed by atoms with Gasteiger partial charge in [-0.05, 0) is 19.3 Å². The summed E-state index contributed by atoms with van der Waals surface area (Å²) < 4.78 is 0.